The van der Waals surface area contributed by atoms with E-state index < -0.39 is 0 Å². The van der Waals surface area contributed by atoms with Crippen LogP contribution in [0, 0.1) is 6.92 Å². The number of likely N-dealkylation sites (tertiary alicyclic amines) is 1. The molecule has 1 aromatic heterocycles. The Bertz CT molecular complexity index is 1010. The number of fused-ring (bicyclic) bond motifs is 1. The molecule has 0 saturated carbocycles. The van der Waals surface area contributed by atoms with Crippen molar-refractivity contribution in [2.45, 2.75) is 32.2 Å². The van der Waals surface area contributed by atoms with E-state index in [1.54, 1.807) is 7.11 Å². The highest BCUT2D eigenvalue weighted by atomic mass is 127. The summed E-state index contributed by atoms with van der Waals surface area (Å²) in [4.78, 5) is 11.5. The second-order valence-electron chi connectivity index (χ2n) is 7.83. The molecule has 1 N–H and O–H groups in total. The molecular weight excluding hydrogens is 501 g/mol. The number of aliphatic imine (C=N–C) groups is 1. The van der Waals surface area contributed by atoms with Crippen molar-refractivity contribution in [3.8, 4) is 5.75 Å². The number of halogens is 1. The van der Waals surface area contributed by atoms with Gasteiger partial charge in [0.1, 0.15) is 11.6 Å². The zero-order valence-electron chi connectivity index (χ0n) is 18.5. The fraction of sp³-hybridized carbons (Fsp3) is 0.417. The van der Waals surface area contributed by atoms with Gasteiger partial charge < -0.3 is 19.5 Å². The number of hydrogen-bond donors (Lipinski definition) is 1. The number of ether oxygens (including phenoxy) is 1. The van der Waals surface area contributed by atoms with Crippen LogP contribution in [-0.4, -0.2) is 54.2 Å². The first kappa shape index (κ1) is 23.4. The van der Waals surface area contributed by atoms with Crippen molar-refractivity contribution in [2.75, 3.05) is 33.8 Å². The average molecular weight is 533 g/mol. The van der Waals surface area contributed by atoms with Crippen molar-refractivity contribution >= 4 is 41.0 Å². The molecule has 166 valence electrons. The van der Waals surface area contributed by atoms with Crippen LogP contribution in [0.15, 0.2) is 53.5 Å². The lowest BCUT2D eigenvalue weighted by atomic mass is 9.98. The molecule has 1 atom stereocenters. The summed E-state index contributed by atoms with van der Waals surface area (Å²) < 4.78 is 7.58. The normalized spacial score (nSPS) is 16.4. The van der Waals surface area contributed by atoms with Crippen molar-refractivity contribution in [3.63, 3.8) is 0 Å². The predicted molar refractivity (Wildman–Crippen MR) is 138 cm³/mol. The Hall–Kier alpha value is -2.29. The van der Waals surface area contributed by atoms with Crippen LogP contribution in [0.5, 0.6) is 5.75 Å². The predicted octanol–water partition coefficient (Wildman–Crippen LogP) is 4.43. The Balaban J connectivity index is 0.00000272. The molecule has 0 radical (unpaired) electrons. The molecule has 4 rings (SSSR count). The van der Waals surface area contributed by atoms with Gasteiger partial charge in [-0.2, -0.15) is 0 Å². The maximum absolute atomic E-state index is 5.28. The van der Waals surface area contributed by atoms with Crippen LogP contribution in [0.25, 0.3) is 11.0 Å². The minimum absolute atomic E-state index is 0. The van der Waals surface area contributed by atoms with Crippen LogP contribution in [0.2, 0.25) is 0 Å². The molecule has 6 nitrogen and oxygen atoms in total. The monoisotopic (exact) mass is 533 g/mol. The van der Waals surface area contributed by atoms with E-state index in [2.05, 4.69) is 62.0 Å². The zero-order chi connectivity index (χ0) is 20.9. The molecule has 1 unspecified atom stereocenters. The highest BCUT2D eigenvalue weighted by Gasteiger charge is 2.26. The van der Waals surface area contributed by atoms with Crippen molar-refractivity contribution in [1.82, 2.24) is 19.8 Å². The van der Waals surface area contributed by atoms with E-state index in [9.17, 15) is 0 Å². The van der Waals surface area contributed by atoms with Crippen LogP contribution in [-0.2, 0) is 6.54 Å². The fourth-order valence-corrected chi connectivity index (χ4v) is 4.35. The smallest absolute Gasteiger partial charge is 0.193 e. The molecule has 0 aliphatic carbocycles. The lowest BCUT2D eigenvalue weighted by Crippen LogP contribution is -2.40. The number of hydrogen-bond acceptors (Lipinski definition) is 3. The molecule has 1 fully saturated rings. The number of guanidine groups is 1. The van der Waals surface area contributed by atoms with E-state index in [-0.39, 0.29) is 24.0 Å². The van der Waals surface area contributed by atoms with Gasteiger partial charge in [-0.15, -0.1) is 24.0 Å². The third-order valence-corrected chi connectivity index (χ3v) is 5.97. The van der Waals surface area contributed by atoms with E-state index in [1.807, 2.05) is 25.2 Å². The minimum atomic E-state index is 0. The number of imidazole rings is 1. The lowest BCUT2D eigenvalue weighted by Gasteiger charge is -2.22. The summed E-state index contributed by atoms with van der Waals surface area (Å²) in [5.41, 5.74) is 3.65. The van der Waals surface area contributed by atoms with Gasteiger partial charge in [0.2, 0.25) is 0 Å². The molecule has 0 bridgehead atoms. The summed E-state index contributed by atoms with van der Waals surface area (Å²) in [5.74, 6) is 3.52. The van der Waals surface area contributed by atoms with E-state index in [1.165, 1.54) is 11.1 Å². The van der Waals surface area contributed by atoms with Gasteiger partial charge >= 0.3 is 0 Å². The van der Waals surface area contributed by atoms with Crippen LogP contribution >= 0.6 is 24.0 Å². The first-order valence-electron chi connectivity index (χ1n) is 10.7. The highest BCUT2D eigenvalue weighted by Crippen LogP contribution is 2.28. The SMILES string of the molecule is CN=C(NCCCn1c(C)nc2ccccc21)N1CCC(c2ccc(OC)cc2)C1.I. The third kappa shape index (κ3) is 5.31. The Morgan fingerprint density at radius 1 is 1.19 bits per heavy atom. The van der Waals surface area contributed by atoms with Crippen molar-refractivity contribution in [1.29, 1.82) is 0 Å². The van der Waals surface area contributed by atoms with E-state index >= 15 is 0 Å². The average Bonchev–Trinajstić information content (AvgIpc) is 3.38. The number of rotatable bonds is 6. The lowest BCUT2D eigenvalue weighted by molar-refractivity contribution is 0.414. The molecule has 2 aromatic carbocycles. The second kappa shape index (κ2) is 10.8. The number of para-hydroxylation sites is 2. The van der Waals surface area contributed by atoms with Gasteiger partial charge in [-0.1, -0.05) is 24.3 Å². The van der Waals surface area contributed by atoms with Gasteiger partial charge in [0.25, 0.3) is 0 Å². The molecule has 1 saturated heterocycles. The molecule has 31 heavy (non-hydrogen) atoms. The second-order valence-corrected chi connectivity index (χ2v) is 7.83. The molecule has 1 aliphatic heterocycles. The van der Waals surface area contributed by atoms with E-state index in [0.717, 1.165) is 62.1 Å². The maximum Gasteiger partial charge on any atom is 0.193 e. The first-order chi connectivity index (χ1) is 14.7. The van der Waals surface area contributed by atoms with Gasteiger partial charge in [0.15, 0.2) is 5.96 Å². The van der Waals surface area contributed by atoms with E-state index in [4.69, 9.17) is 4.74 Å². The van der Waals surface area contributed by atoms with Crippen LogP contribution in [0.3, 0.4) is 0 Å². The van der Waals surface area contributed by atoms with Gasteiger partial charge in [-0.3, -0.25) is 4.99 Å². The topological polar surface area (TPSA) is 54.7 Å². The number of nitrogens with one attached hydrogen (secondary N) is 1. The largest absolute Gasteiger partial charge is 0.497 e. The van der Waals surface area contributed by atoms with Crippen LogP contribution in [0.1, 0.15) is 30.1 Å². The number of benzene rings is 2. The first-order valence-corrected chi connectivity index (χ1v) is 10.7. The third-order valence-electron chi connectivity index (χ3n) is 5.97. The summed E-state index contributed by atoms with van der Waals surface area (Å²) >= 11 is 0. The highest BCUT2D eigenvalue weighted by molar-refractivity contribution is 14.0. The fourth-order valence-electron chi connectivity index (χ4n) is 4.35. The Morgan fingerprint density at radius 3 is 2.71 bits per heavy atom. The summed E-state index contributed by atoms with van der Waals surface area (Å²) in [6, 6.07) is 16.8. The Kier molecular flexibility index (Phi) is 8.17. The van der Waals surface area contributed by atoms with Gasteiger partial charge in [0, 0.05) is 39.1 Å². The van der Waals surface area contributed by atoms with E-state index in [0.29, 0.717) is 5.92 Å². The number of nitrogens with zero attached hydrogens (tertiary/aromatic N) is 4. The molecule has 0 amide bonds. The van der Waals surface area contributed by atoms with Crippen LogP contribution in [0.4, 0.5) is 0 Å². The summed E-state index contributed by atoms with van der Waals surface area (Å²) in [5, 5.41) is 3.55. The zero-order valence-corrected chi connectivity index (χ0v) is 20.9. The minimum Gasteiger partial charge on any atom is -0.497 e. The molecular formula is C24H32IN5O. The van der Waals surface area contributed by atoms with Gasteiger partial charge in [0.05, 0.1) is 18.1 Å². The number of methoxy groups -OCH3 is 1. The Labute approximate surface area is 201 Å². The molecule has 1 aliphatic rings. The number of aryl methyl sites for hydroxylation is 2. The number of aromatic nitrogens is 2. The van der Waals surface area contributed by atoms with Crippen LogP contribution < -0.4 is 10.1 Å². The quantitative estimate of drug-likeness (QED) is 0.221. The standard InChI is InChI=1S/C24H31N5O.HI/c1-18-27-22-7-4-5-8-23(22)29(18)15-6-14-26-24(25-2)28-16-13-20(17-28)19-9-11-21(30-3)12-10-19;/h4-5,7-12,20H,6,13-17H2,1-3H3,(H,25,26);1H. The summed E-state index contributed by atoms with van der Waals surface area (Å²) in [6.45, 7) is 5.95. The maximum atomic E-state index is 5.28. The molecule has 3 aromatic rings. The van der Waals surface area contributed by atoms with Crippen molar-refractivity contribution < 1.29 is 4.74 Å². The molecule has 2 heterocycles. The Morgan fingerprint density at radius 2 is 1.97 bits per heavy atom. The molecule has 7 heteroatoms. The summed E-state index contributed by atoms with van der Waals surface area (Å²) in [7, 11) is 3.58. The van der Waals surface area contributed by atoms with Gasteiger partial charge in [-0.05, 0) is 49.6 Å². The summed E-state index contributed by atoms with van der Waals surface area (Å²) in [6.07, 6.45) is 2.17. The van der Waals surface area contributed by atoms with Gasteiger partial charge in [-0.25, -0.2) is 4.98 Å². The van der Waals surface area contributed by atoms with Crippen molar-refractivity contribution in [3.05, 3.63) is 59.9 Å². The molecule has 0 spiro atoms. The van der Waals surface area contributed by atoms with Crippen molar-refractivity contribution in [2.24, 2.45) is 4.99 Å².